The molecule has 4 saturated carbocycles. The SMILES string of the molecule is N#CC(=C1C2CC3CC(C2)CC1C3)c1ccc(Cl)cc1Cl. The number of hydrogen-bond donors (Lipinski definition) is 0. The van der Waals surface area contributed by atoms with Gasteiger partial charge in [-0.15, -0.1) is 0 Å². The molecule has 3 heteroatoms. The van der Waals surface area contributed by atoms with Crippen molar-refractivity contribution in [3.63, 3.8) is 0 Å². The van der Waals surface area contributed by atoms with Crippen LogP contribution >= 0.6 is 23.2 Å². The lowest BCUT2D eigenvalue weighted by atomic mass is 9.53. The van der Waals surface area contributed by atoms with E-state index in [1.807, 2.05) is 12.1 Å². The van der Waals surface area contributed by atoms with E-state index in [9.17, 15) is 5.26 Å². The number of nitrogens with zero attached hydrogens (tertiary/aromatic N) is 1. The molecule has 0 amide bonds. The van der Waals surface area contributed by atoms with Gasteiger partial charge >= 0.3 is 0 Å². The summed E-state index contributed by atoms with van der Waals surface area (Å²) in [5.74, 6) is 3.03. The molecule has 4 bridgehead atoms. The third-order valence-electron chi connectivity index (χ3n) is 5.62. The number of halogens is 2. The molecule has 0 aliphatic heterocycles. The molecule has 0 heterocycles. The van der Waals surface area contributed by atoms with Gasteiger partial charge in [0.15, 0.2) is 0 Å². The fraction of sp³-hybridized carbons (Fsp3) is 0.500. The van der Waals surface area contributed by atoms with Crippen LogP contribution in [0.25, 0.3) is 5.57 Å². The third kappa shape index (κ3) is 2.20. The van der Waals surface area contributed by atoms with E-state index in [0.29, 0.717) is 21.9 Å². The lowest BCUT2D eigenvalue weighted by Crippen LogP contribution is -2.40. The second kappa shape index (κ2) is 5.04. The van der Waals surface area contributed by atoms with Gasteiger partial charge in [0.1, 0.15) is 0 Å². The van der Waals surface area contributed by atoms with Crippen LogP contribution in [0.4, 0.5) is 0 Å². The van der Waals surface area contributed by atoms with Crippen molar-refractivity contribution in [2.45, 2.75) is 32.1 Å². The number of rotatable bonds is 1. The summed E-state index contributed by atoms with van der Waals surface area (Å²) in [6, 6.07) is 7.94. The molecule has 0 atom stereocenters. The Bertz CT molecular complexity index is 638. The molecule has 0 spiro atoms. The molecule has 0 unspecified atom stereocenters. The molecule has 4 aliphatic rings. The second-order valence-corrected chi connectivity index (χ2v) is 7.71. The average molecular weight is 318 g/mol. The zero-order chi connectivity index (χ0) is 14.6. The van der Waals surface area contributed by atoms with Gasteiger partial charge < -0.3 is 0 Å². The molecule has 108 valence electrons. The smallest absolute Gasteiger partial charge is 0.0998 e. The highest BCUT2D eigenvalue weighted by atomic mass is 35.5. The molecule has 21 heavy (non-hydrogen) atoms. The van der Waals surface area contributed by atoms with E-state index in [1.165, 1.54) is 37.7 Å². The summed E-state index contributed by atoms with van der Waals surface area (Å²) in [4.78, 5) is 0. The Hall–Kier alpha value is -0.970. The molecular formula is C18H17Cl2N. The molecular weight excluding hydrogens is 301 g/mol. The summed E-state index contributed by atoms with van der Waals surface area (Å²) in [5, 5.41) is 11.0. The van der Waals surface area contributed by atoms with E-state index in [1.54, 1.807) is 6.07 Å². The summed E-state index contributed by atoms with van der Waals surface area (Å²) >= 11 is 12.3. The highest BCUT2D eigenvalue weighted by Gasteiger charge is 2.46. The van der Waals surface area contributed by atoms with Crippen molar-refractivity contribution in [2.75, 3.05) is 0 Å². The van der Waals surface area contributed by atoms with Crippen molar-refractivity contribution in [2.24, 2.45) is 23.7 Å². The van der Waals surface area contributed by atoms with Crippen LogP contribution in [0.15, 0.2) is 23.8 Å². The Morgan fingerprint density at radius 3 is 2.14 bits per heavy atom. The van der Waals surface area contributed by atoms with E-state index < -0.39 is 0 Å². The number of allylic oxidation sites excluding steroid dienone is 2. The summed E-state index contributed by atoms with van der Waals surface area (Å²) in [7, 11) is 0. The number of nitriles is 1. The van der Waals surface area contributed by atoms with Gasteiger partial charge in [0, 0.05) is 10.6 Å². The lowest BCUT2D eigenvalue weighted by Gasteiger charge is -2.51. The van der Waals surface area contributed by atoms with Gasteiger partial charge in [-0.25, -0.2) is 0 Å². The molecule has 4 aliphatic carbocycles. The molecule has 0 radical (unpaired) electrons. The van der Waals surface area contributed by atoms with Gasteiger partial charge in [0.2, 0.25) is 0 Å². The van der Waals surface area contributed by atoms with Crippen LogP contribution in [0.1, 0.15) is 37.7 Å². The van der Waals surface area contributed by atoms with Crippen LogP contribution in [0, 0.1) is 35.0 Å². The monoisotopic (exact) mass is 317 g/mol. The highest BCUT2D eigenvalue weighted by molar-refractivity contribution is 6.35. The normalized spacial score (nSPS) is 33.1. The Balaban J connectivity index is 1.83. The Morgan fingerprint density at radius 2 is 1.62 bits per heavy atom. The minimum atomic E-state index is 0.598. The van der Waals surface area contributed by atoms with Crippen LogP contribution in [0.5, 0.6) is 0 Å². The largest absolute Gasteiger partial charge is 0.192 e. The summed E-state index contributed by atoms with van der Waals surface area (Å²) in [6.45, 7) is 0. The Labute approximate surface area is 135 Å². The predicted molar refractivity (Wildman–Crippen MR) is 86.0 cm³/mol. The average Bonchev–Trinajstić information content (AvgIpc) is 2.43. The highest BCUT2D eigenvalue weighted by Crippen LogP contribution is 2.58. The first kappa shape index (κ1) is 13.7. The van der Waals surface area contributed by atoms with Crippen molar-refractivity contribution in [3.05, 3.63) is 39.4 Å². The maximum Gasteiger partial charge on any atom is 0.0998 e. The zero-order valence-corrected chi connectivity index (χ0v) is 13.3. The first-order valence-corrected chi connectivity index (χ1v) is 8.51. The molecule has 0 N–H and O–H groups in total. The number of hydrogen-bond acceptors (Lipinski definition) is 1. The molecule has 4 fully saturated rings. The molecule has 1 aromatic carbocycles. The first-order valence-electron chi connectivity index (χ1n) is 7.75. The van der Waals surface area contributed by atoms with E-state index in [2.05, 4.69) is 6.07 Å². The summed E-state index contributed by atoms with van der Waals surface area (Å²) in [5.41, 5.74) is 3.09. The maximum absolute atomic E-state index is 9.76. The Kier molecular flexibility index (Phi) is 3.28. The molecule has 1 aromatic rings. The molecule has 0 aromatic heterocycles. The molecule has 1 nitrogen and oxygen atoms in total. The van der Waals surface area contributed by atoms with Crippen LogP contribution in [-0.4, -0.2) is 0 Å². The predicted octanol–water partition coefficient (Wildman–Crippen LogP) is 5.73. The molecule has 5 rings (SSSR count). The van der Waals surface area contributed by atoms with Crippen LogP contribution in [0.3, 0.4) is 0 Å². The quantitative estimate of drug-likeness (QED) is 0.607. The van der Waals surface area contributed by atoms with Crippen LogP contribution in [0.2, 0.25) is 10.0 Å². The van der Waals surface area contributed by atoms with Crippen molar-refractivity contribution >= 4 is 28.8 Å². The summed E-state index contributed by atoms with van der Waals surface area (Å²) < 4.78 is 0. The van der Waals surface area contributed by atoms with E-state index in [0.717, 1.165) is 23.0 Å². The third-order valence-corrected chi connectivity index (χ3v) is 6.17. The van der Waals surface area contributed by atoms with Gasteiger partial charge in [-0.2, -0.15) is 5.26 Å². The van der Waals surface area contributed by atoms with Gasteiger partial charge in [-0.3, -0.25) is 0 Å². The molecule has 0 saturated heterocycles. The minimum Gasteiger partial charge on any atom is -0.192 e. The van der Waals surface area contributed by atoms with Crippen molar-refractivity contribution in [1.82, 2.24) is 0 Å². The first-order chi connectivity index (χ1) is 10.2. The van der Waals surface area contributed by atoms with Gasteiger partial charge in [0.05, 0.1) is 16.7 Å². The standard InChI is InChI=1S/C18H17Cl2N/c19-14-1-2-15(17(20)8-14)16(9-21)18-12-4-10-3-11(6-12)7-13(18)5-10/h1-2,8,10-13H,3-7H2. The fourth-order valence-electron chi connectivity index (χ4n) is 5.07. The number of benzene rings is 1. The topological polar surface area (TPSA) is 23.8 Å². The Morgan fingerprint density at radius 1 is 1.00 bits per heavy atom. The van der Waals surface area contributed by atoms with Gasteiger partial charge in [0.25, 0.3) is 0 Å². The van der Waals surface area contributed by atoms with E-state index in [-0.39, 0.29) is 0 Å². The lowest BCUT2D eigenvalue weighted by molar-refractivity contribution is 0.0706. The zero-order valence-electron chi connectivity index (χ0n) is 11.8. The van der Waals surface area contributed by atoms with Gasteiger partial charge in [-0.1, -0.05) is 29.3 Å². The summed E-state index contributed by atoms with van der Waals surface area (Å²) in [6.07, 6.45) is 6.53. The van der Waals surface area contributed by atoms with Crippen LogP contribution < -0.4 is 0 Å². The van der Waals surface area contributed by atoms with Crippen molar-refractivity contribution in [1.29, 1.82) is 5.26 Å². The van der Waals surface area contributed by atoms with Gasteiger partial charge in [-0.05, 0) is 73.5 Å². The minimum absolute atomic E-state index is 0.598. The maximum atomic E-state index is 9.76. The van der Waals surface area contributed by atoms with E-state index in [4.69, 9.17) is 23.2 Å². The van der Waals surface area contributed by atoms with Crippen molar-refractivity contribution < 1.29 is 0 Å². The van der Waals surface area contributed by atoms with E-state index >= 15 is 0 Å². The second-order valence-electron chi connectivity index (χ2n) is 6.87. The van der Waals surface area contributed by atoms with Crippen LogP contribution in [-0.2, 0) is 0 Å². The van der Waals surface area contributed by atoms with Crippen molar-refractivity contribution in [3.8, 4) is 6.07 Å². The fourth-order valence-corrected chi connectivity index (χ4v) is 5.58.